The van der Waals surface area contributed by atoms with E-state index in [1.165, 1.54) is 4.90 Å². The molecular weight excluding hydrogens is 264 g/mol. The molecule has 0 saturated carbocycles. The van der Waals surface area contributed by atoms with Crippen LogP contribution in [0.4, 0.5) is 0 Å². The molecule has 0 aliphatic carbocycles. The molecule has 1 amide bonds. The normalized spacial score (nSPS) is 13.0. The maximum Gasteiger partial charge on any atom is 0.239 e. The summed E-state index contributed by atoms with van der Waals surface area (Å²) in [5.41, 5.74) is 6.73. The number of benzene rings is 1. The van der Waals surface area contributed by atoms with Crippen molar-refractivity contribution in [1.82, 2.24) is 4.90 Å². The number of sulfone groups is 1. The second-order valence-electron chi connectivity index (χ2n) is 4.70. The summed E-state index contributed by atoms with van der Waals surface area (Å²) in [5, 5.41) is 0. The van der Waals surface area contributed by atoms with E-state index in [9.17, 15) is 13.2 Å². The van der Waals surface area contributed by atoms with Crippen LogP contribution in [0.25, 0.3) is 0 Å². The lowest BCUT2D eigenvalue weighted by atomic mass is 10.2. The fraction of sp³-hybridized carbons (Fsp3) is 0.462. The minimum atomic E-state index is -3.09. The molecule has 0 aliphatic heterocycles. The summed E-state index contributed by atoms with van der Waals surface area (Å²) in [6.45, 7) is 0.465. The molecule has 2 N–H and O–H groups in total. The first-order valence-electron chi connectivity index (χ1n) is 6.02. The first-order valence-corrected chi connectivity index (χ1v) is 8.08. The first kappa shape index (κ1) is 15.7. The van der Waals surface area contributed by atoms with E-state index in [0.29, 0.717) is 6.54 Å². The highest BCUT2D eigenvalue weighted by molar-refractivity contribution is 7.90. The molecule has 1 aromatic rings. The fourth-order valence-electron chi connectivity index (χ4n) is 1.68. The van der Waals surface area contributed by atoms with E-state index in [1.54, 1.807) is 7.05 Å². The van der Waals surface area contributed by atoms with E-state index in [2.05, 4.69) is 0 Å². The van der Waals surface area contributed by atoms with Crippen LogP contribution in [0.2, 0.25) is 0 Å². The maximum absolute atomic E-state index is 12.0. The Morgan fingerprint density at radius 3 is 2.42 bits per heavy atom. The lowest BCUT2D eigenvalue weighted by molar-refractivity contribution is -0.131. The van der Waals surface area contributed by atoms with Gasteiger partial charge in [0.15, 0.2) is 0 Å². The predicted molar refractivity (Wildman–Crippen MR) is 75.2 cm³/mol. The van der Waals surface area contributed by atoms with Gasteiger partial charge in [0.2, 0.25) is 5.91 Å². The zero-order valence-corrected chi connectivity index (χ0v) is 12.1. The Balaban J connectivity index is 2.52. The number of nitrogens with two attached hydrogens (primary N) is 1. The number of rotatable bonds is 6. The Morgan fingerprint density at radius 2 is 1.89 bits per heavy atom. The lowest BCUT2D eigenvalue weighted by Gasteiger charge is -2.21. The molecule has 0 spiro atoms. The maximum atomic E-state index is 12.0. The minimum absolute atomic E-state index is 0.0704. The van der Waals surface area contributed by atoms with Crippen LogP contribution in [-0.4, -0.2) is 44.3 Å². The van der Waals surface area contributed by atoms with Crippen LogP contribution in [0.5, 0.6) is 0 Å². The standard InChI is InChI=1S/C13H20N2O3S/c1-15(10-11-6-4-3-5-7-11)13(16)12(14)8-9-19(2,17)18/h3-7,12H,8-10,14H2,1-2H3. The van der Waals surface area contributed by atoms with Gasteiger partial charge < -0.3 is 10.6 Å². The molecule has 0 radical (unpaired) electrons. The number of carbonyl (C=O) groups excluding carboxylic acids is 1. The van der Waals surface area contributed by atoms with E-state index in [4.69, 9.17) is 5.73 Å². The Labute approximate surface area is 114 Å². The monoisotopic (exact) mass is 284 g/mol. The summed E-state index contributed by atoms with van der Waals surface area (Å²) in [6.07, 6.45) is 1.29. The highest BCUT2D eigenvalue weighted by atomic mass is 32.2. The van der Waals surface area contributed by atoms with Crippen molar-refractivity contribution in [3.05, 3.63) is 35.9 Å². The van der Waals surface area contributed by atoms with Gasteiger partial charge in [-0.15, -0.1) is 0 Å². The molecule has 19 heavy (non-hydrogen) atoms. The van der Waals surface area contributed by atoms with Gasteiger partial charge in [-0.05, 0) is 12.0 Å². The third-order valence-electron chi connectivity index (χ3n) is 2.76. The highest BCUT2D eigenvalue weighted by Gasteiger charge is 2.19. The molecule has 0 saturated heterocycles. The molecule has 0 aliphatic rings. The van der Waals surface area contributed by atoms with Gasteiger partial charge in [0.05, 0.1) is 11.8 Å². The molecule has 0 fully saturated rings. The van der Waals surface area contributed by atoms with Crippen molar-refractivity contribution in [2.45, 2.75) is 19.0 Å². The molecule has 1 atom stereocenters. The summed E-state index contributed by atoms with van der Waals surface area (Å²) < 4.78 is 22.1. The number of nitrogens with zero attached hydrogens (tertiary/aromatic N) is 1. The van der Waals surface area contributed by atoms with Gasteiger partial charge in [-0.25, -0.2) is 8.42 Å². The second kappa shape index (κ2) is 6.68. The minimum Gasteiger partial charge on any atom is -0.340 e. The molecular formula is C13H20N2O3S. The second-order valence-corrected chi connectivity index (χ2v) is 6.96. The van der Waals surface area contributed by atoms with Gasteiger partial charge in [-0.3, -0.25) is 4.79 Å². The van der Waals surface area contributed by atoms with E-state index >= 15 is 0 Å². The van der Waals surface area contributed by atoms with Gasteiger partial charge in [-0.2, -0.15) is 0 Å². The van der Waals surface area contributed by atoms with E-state index in [-0.39, 0.29) is 18.1 Å². The summed E-state index contributed by atoms with van der Waals surface area (Å²) >= 11 is 0. The van der Waals surface area contributed by atoms with Crippen LogP contribution in [0.1, 0.15) is 12.0 Å². The molecule has 1 aromatic carbocycles. The Kier molecular flexibility index (Phi) is 5.50. The van der Waals surface area contributed by atoms with Crippen LogP contribution in [0.15, 0.2) is 30.3 Å². The third kappa shape index (κ3) is 5.85. The smallest absolute Gasteiger partial charge is 0.239 e. The van der Waals surface area contributed by atoms with Crippen molar-refractivity contribution < 1.29 is 13.2 Å². The predicted octanol–water partition coefficient (Wildman–Crippen LogP) is 0.407. The van der Waals surface area contributed by atoms with Crippen LogP contribution >= 0.6 is 0 Å². The number of hydrogen-bond donors (Lipinski definition) is 1. The summed E-state index contributed by atoms with van der Waals surface area (Å²) in [5.74, 6) is -0.313. The van der Waals surface area contributed by atoms with Crippen molar-refractivity contribution in [2.75, 3.05) is 19.1 Å². The first-order chi connectivity index (χ1) is 8.79. The van der Waals surface area contributed by atoms with E-state index in [0.717, 1.165) is 11.8 Å². The van der Waals surface area contributed by atoms with Gasteiger partial charge in [0, 0.05) is 19.8 Å². The van der Waals surface area contributed by atoms with Crippen LogP contribution in [-0.2, 0) is 21.2 Å². The Hall–Kier alpha value is -1.40. The average molecular weight is 284 g/mol. The van der Waals surface area contributed by atoms with Crippen molar-refractivity contribution in [2.24, 2.45) is 5.73 Å². The summed E-state index contributed by atoms with van der Waals surface area (Å²) in [6, 6.07) is 8.78. The van der Waals surface area contributed by atoms with Gasteiger partial charge in [0.1, 0.15) is 9.84 Å². The number of hydrogen-bond acceptors (Lipinski definition) is 4. The van der Waals surface area contributed by atoms with Crippen molar-refractivity contribution >= 4 is 15.7 Å². The number of amides is 1. The average Bonchev–Trinajstić information content (AvgIpc) is 2.35. The Morgan fingerprint density at radius 1 is 1.32 bits per heavy atom. The lowest BCUT2D eigenvalue weighted by Crippen LogP contribution is -2.42. The van der Waals surface area contributed by atoms with Crippen molar-refractivity contribution in [1.29, 1.82) is 0 Å². The Bertz CT molecular complexity index is 514. The molecule has 5 nitrogen and oxygen atoms in total. The zero-order chi connectivity index (χ0) is 14.5. The fourth-order valence-corrected chi connectivity index (χ4v) is 2.36. The van der Waals surface area contributed by atoms with Crippen LogP contribution in [0.3, 0.4) is 0 Å². The van der Waals surface area contributed by atoms with Gasteiger partial charge in [-0.1, -0.05) is 30.3 Å². The van der Waals surface area contributed by atoms with Crippen LogP contribution < -0.4 is 5.73 Å². The third-order valence-corrected chi connectivity index (χ3v) is 3.73. The van der Waals surface area contributed by atoms with Gasteiger partial charge >= 0.3 is 0 Å². The number of carbonyl (C=O) groups is 1. The topological polar surface area (TPSA) is 80.5 Å². The molecule has 1 unspecified atom stereocenters. The van der Waals surface area contributed by atoms with E-state index < -0.39 is 15.9 Å². The van der Waals surface area contributed by atoms with E-state index in [1.807, 2.05) is 30.3 Å². The zero-order valence-electron chi connectivity index (χ0n) is 11.2. The summed E-state index contributed by atoms with van der Waals surface area (Å²) in [7, 11) is -1.43. The van der Waals surface area contributed by atoms with Gasteiger partial charge in [0.25, 0.3) is 0 Å². The molecule has 6 heteroatoms. The molecule has 1 rings (SSSR count). The molecule has 106 valence electrons. The quantitative estimate of drug-likeness (QED) is 0.820. The van der Waals surface area contributed by atoms with Crippen molar-refractivity contribution in [3.63, 3.8) is 0 Å². The molecule has 0 heterocycles. The molecule has 0 aromatic heterocycles. The highest BCUT2D eigenvalue weighted by Crippen LogP contribution is 2.05. The SMILES string of the molecule is CN(Cc1ccccc1)C(=O)C(N)CCS(C)(=O)=O. The molecule has 0 bridgehead atoms. The number of likely N-dealkylation sites (N-methyl/N-ethyl adjacent to an activating group) is 1. The summed E-state index contributed by atoms with van der Waals surface area (Å²) in [4.78, 5) is 13.5. The van der Waals surface area contributed by atoms with Crippen LogP contribution in [0, 0.1) is 0 Å². The van der Waals surface area contributed by atoms with Crippen molar-refractivity contribution in [3.8, 4) is 0 Å². The largest absolute Gasteiger partial charge is 0.340 e.